The maximum absolute atomic E-state index is 13.7. The van der Waals surface area contributed by atoms with Crippen molar-refractivity contribution in [2.24, 2.45) is 5.73 Å². The van der Waals surface area contributed by atoms with Crippen LogP contribution in [0.3, 0.4) is 0 Å². The highest BCUT2D eigenvalue weighted by atomic mass is 19.4. The molecule has 1 heterocycles. The number of ether oxygens (including phenoxy) is 2. The average Bonchev–Trinajstić information content (AvgIpc) is 2.81. The summed E-state index contributed by atoms with van der Waals surface area (Å²) in [6.07, 6.45) is -4.80. The van der Waals surface area contributed by atoms with Crippen molar-refractivity contribution in [3.8, 4) is 17.2 Å². The van der Waals surface area contributed by atoms with Crippen molar-refractivity contribution in [2.75, 3.05) is 0 Å². The van der Waals surface area contributed by atoms with Gasteiger partial charge in [-0.25, -0.2) is 4.79 Å². The van der Waals surface area contributed by atoms with Gasteiger partial charge in [0.05, 0.1) is 5.39 Å². The van der Waals surface area contributed by atoms with Gasteiger partial charge < -0.3 is 19.6 Å². The lowest BCUT2D eigenvalue weighted by Crippen LogP contribution is -2.36. The molecule has 0 saturated heterocycles. The molecule has 1 atom stereocenters. The minimum atomic E-state index is -5.01. The smallest absolute Gasteiger partial charge is 0.449 e. The van der Waals surface area contributed by atoms with E-state index in [1.807, 2.05) is 6.07 Å². The minimum Gasteiger partial charge on any atom is -0.449 e. The molecule has 0 radical (unpaired) electrons. The number of nitrogens with two attached hydrogens (primary N) is 1. The van der Waals surface area contributed by atoms with E-state index in [-0.39, 0.29) is 23.3 Å². The molecule has 0 bridgehead atoms. The molecule has 6 nitrogen and oxygen atoms in total. The number of rotatable bonds is 6. The number of fused-ring (bicyclic) bond motifs is 1. The maximum atomic E-state index is 13.7. The summed E-state index contributed by atoms with van der Waals surface area (Å²) >= 11 is 0. The molecular weight excluding hydrogens is 451 g/mol. The van der Waals surface area contributed by atoms with Gasteiger partial charge in [-0.05, 0) is 36.2 Å². The summed E-state index contributed by atoms with van der Waals surface area (Å²) < 4.78 is 56.5. The summed E-state index contributed by atoms with van der Waals surface area (Å²) in [6, 6.07) is 19.1. The zero-order chi connectivity index (χ0) is 24.3. The molecule has 1 aromatic heterocycles. The first kappa shape index (κ1) is 23.1. The number of halogens is 3. The molecule has 0 aliphatic rings. The SMILES string of the molecule is NC(Cc1ccccc1)C(=O)Oc1ccc2c(=O)c(Oc3ccccc3)c(C(F)(F)F)oc2c1. The highest BCUT2D eigenvalue weighted by molar-refractivity contribution is 5.82. The fourth-order valence-electron chi connectivity index (χ4n) is 3.25. The largest absolute Gasteiger partial charge is 0.453 e. The average molecular weight is 469 g/mol. The van der Waals surface area contributed by atoms with Gasteiger partial charge in [-0.2, -0.15) is 13.2 Å². The van der Waals surface area contributed by atoms with E-state index in [9.17, 15) is 22.8 Å². The fourth-order valence-corrected chi connectivity index (χ4v) is 3.25. The summed E-state index contributed by atoms with van der Waals surface area (Å²) in [4.78, 5) is 25.2. The molecule has 3 aromatic carbocycles. The number of alkyl halides is 3. The Kier molecular flexibility index (Phi) is 6.38. The Morgan fingerprint density at radius 1 is 0.941 bits per heavy atom. The van der Waals surface area contributed by atoms with Crippen LogP contribution in [0.2, 0.25) is 0 Å². The summed E-state index contributed by atoms with van der Waals surface area (Å²) in [7, 11) is 0. The van der Waals surface area contributed by atoms with Crippen LogP contribution >= 0.6 is 0 Å². The van der Waals surface area contributed by atoms with E-state index in [4.69, 9.17) is 19.6 Å². The molecule has 9 heteroatoms. The number of hydrogen-bond acceptors (Lipinski definition) is 6. The van der Waals surface area contributed by atoms with Crippen LogP contribution in [0.25, 0.3) is 11.0 Å². The Morgan fingerprint density at radius 3 is 2.24 bits per heavy atom. The van der Waals surface area contributed by atoms with Crippen molar-refractivity contribution in [3.05, 3.63) is 100 Å². The summed E-state index contributed by atoms with van der Waals surface area (Å²) in [5.74, 6) is -3.45. The molecule has 0 fully saturated rings. The van der Waals surface area contributed by atoms with E-state index in [0.717, 1.165) is 11.6 Å². The van der Waals surface area contributed by atoms with Crippen molar-refractivity contribution < 1.29 is 31.9 Å². The maximum Gasteiger partial charge on any atom is 0.453 e. The fraction of sp³-hybridized carbons (Fsp3) is 0.120. The second-order valence-corrected chi connectivity index (χ2v) is 7.38. The van der Waals surface area contributed by atoms with E-state index in [1.165, 1.54) is 24.3 Å². The third-order valence-electron chi connectivity index (χ3n) is 4.86. The number of carbonyl (C=O) groups is 1. The zero-order valence-electron chi connectivity index (χ0n) is 17.5. The van der Waals surface area contributed by atoms with Crippen LogP contribution < -0.4 is 20.6 Å². The van der Waals surface area contributed by atoms with Crippen LogP contribution in [-0.2, 0) is 17.4 Å². The van der Waals surface area contributed by atoms with Gasteiger partial charge in [0.25, 0.3) is 5.76 Å². The minimum absolute atomic E-state index is 0.0394. The molecule has 4 rings (SSSR count). The quantitative estimate of drug-likeness (QED) is 0.313. The Balaban J connectivity index is 1.65. The first-order chi connectivity index (χ1) is 16.2. The van der Waals surface area contributed by atoms with Gasteiger partial charge in [-0.15, -0.1) is 0 Å². The Bertz CT molecular complexity index is 1370. The lowest BCUT2D eigenvalue weighted by atomic mass is 10.1. The van der Waals surface area contributed by atoms with Crippen molar-refractivity contribution in [1.82, 2.24) is 0 Å². The normalized spacial score (nSPS) is 12.4. The van der Waals surface area contributed by atoms with Gasteiger partial charge in [0.15, 0.2) is 0 Å². The summed E-state index contributed by atoms with van der Waals surface area (Å²) in [5, 5.41) is -0.174. The van der Waals surface area contributed by atoms with Crippen molar-refractivity contribution in [2.45, 2.75) is 18.6 Å². The van der Waals surface area contributed by atoms with E-state index in [2.05, 4.69) is 0 Å². The van der Waals surface area contributed by atoms with E-state index < -0.39 is 40.7 Å². The predicted octanol–water partition coefficient (Wildman–Crippen LogP) is 5.08. The van der Waals surface area contributed by atoms with Crippen LogP contribution in [0, 0.1) is 0 Å². The first-order valence-corrected chi connectivity index (χ1v) is 10.1. The molecular formula is C25H18F3NO5. The molecule has 0 spiro atoms. The highest BCUT2D eigenvalue weighted by Gasteiger charge is 2.40. The first-order valence-electron chi connectivity index (χ1n) is 10.1. The van der Waals surface area contributed by atoms with E-state index in [0.29, 0.717) is 0 Å². The third kappa shape index (κ3) is 5.10. The Labute approximate surface area is 191 Å². The highest BCUT2D eigenvalue weighted by Crippen LogP contribution is 2.38. The number of benzene rings is 3. The van der Waals surface area contributed by atoms with Crippen molar-refractivity contribution >= 4 is 16.9 Å². The lowest BCUT2D eigenvalue weighted by molar-refractivity contribution is -0.154. The molecule has 2 N–H and O–H groups in total. The number of hydrogen-bond donors (Lipinski definition) is 1. The lowest BCUT2D eigenvalue weighted by Gasteiger charge is -2.14. The van der Waals surface area contributed by atoms with Crippen LogP contribution in [-0.4, -0.2) is 12.0 Å². The van der Waals surface area contributed by atoms with Crippen LogP contribution in [0.5, 0.6) is 17.2 Å². The molecule has 0 saturated carbocycles. The van der Waals surface area contributed by atoms with Gasteiger partial charge in [-0.3, -0.25) is 4.79 Å². The van der Waals surface area contributed by atoms with Crippen LogP contribution in [0.4, 0.5) is 13.2 Å². The van der Waals surface area contributed by atoms with Crippen molar-refractivity contribution in [3.63, 3.8) is 0 Å². The van der Waals surface area contributed by atoms with Crippen LogP contribution in [0.15, 0.2) is 88.1 Å². The number of esters is 1. The van der Waals surface area contributed by atoms with Gasteiger partial charge in [0.1, 0.15) is 23.1 Å². The Hall–Kier alpha value is -4.11. The number of carbonyl (C=O) groups excluding carboxylic acids is 1. The second kappa shape index (κ2) is 9.40. The summed E-state index contributed by atoms with van der Waals surface area (Å²) in [6.45, 7) is 0. The molecule has 4 aromatic rings. The molecule has 0 aliphatic heterocycles. The molecule has 0 aliphatic carbocycles. The number of para-hydroxylation sites is 1. The molecule has 174 valence electrons. The van der Waals surface area contributed by atoms with Gasteiger partial charge in [-0.1, -0.05) is 48.5 Å². The summed E-state index contributed by atoms with van der Waals surface area (Å²) in [5.41, 5.74) is 5.28. The van der Waals surface area contributed by atoms with Crippen molar-refractivity contribution in [1.29, 1.82) is 0 Å². The second-order valence-electron chi connectivity index (χ2n) is 7.38. The predicted molar refractivity (Wildman–Crippen MR) is 118 cm³/mol. The third-order valence-corrected chi connectivity index (χ3v) is 4.86. The van der Waals surface area contributed by atoms with Gasteiger partial charge in [0.2, 0.25) is 11.2 Å². The monoisotopic (exact) mass is 469 g/mol. The van der Waals surface area contributed by atoms with E-state index in [1.54, 1.807) is 42.5 Å². The van der Waals surface area contributed by atoms with Crippen LogP contribution in [0.1, 0.15) is 11.3 Å². The molecule has 1 unspecified atom stereocenters. The zero-order valence-corrected chi connectivity index (χ0v) is 17.5. The standard InChI is InChI=1S/C25H18F3NO5/c26-25(27,28)23-22(32-16-9-5-2-6-10-16)21(30)18-12-11-17(14-20(18)34-23)33-24(31)19(29)13-15-7-3-1-4-8-15/h1-12,14,19H,13,29H2. The molecule has 34 heavy (non-hydrogen) atoms. The Morgan fingerprint density at radius 2 is 1.59 bits per heavy atom. The molecule has 0 amide bonds. The topological polar surface area (TPSA) is 91.8 Å². The van der Waals surface area contributed by atoms with Gasteiger partial charge in [0, 0.05) is 6.07 Å². The van der Waals surface area contributed by atoms with E-state index >= 15 is 0 Å². The van der Waals surface area contributed by atoms with Gasteiger partial charge >= 0.3 is 12.1 Å².